The molecule has 0 nitrogen and oxygen atoms in total. The Balaban J connectivity index is 1.46. The molecule has 13 rings (SSSR count). The molecule has 0 radical (unpaired) electrons. The molecular formula is C22H22. The van der Waals surface area contributed by atoms with Gasteiger partial charge in [0.25, 0.3) is 0 Å². The predicted octanol–water partition coefficient (Wildman–Crippen LogP) is 2.85. The zero-order valence-corrected chi connectivity index (χ0v) is 13.0. The third kappa shape index (κ3) is 0.353. The van der Waals surface area contributed by atoms with E-state index in [-0.39, 0.29) is 0 Å². The molecule has 0 bridgehead atoms. The lowest BCUT2D eigenvalue weighted by Crippen LogP contribution is -2.31. The number of hydrogen-bond acceptors (Lipinski definition) is 0. The first-order valence-electron chi connectivity index (χ1n) is 10.9. The molecule has 0 heteroatoms. The van der Waals surface area contributed by atoms with Gasteiger partial charge in [0, 0.05) is 0 Å². The molecule has 2 spiro atoms. The van der Waals surface area contributed by atoms with Crippen LogP contribution in [0, 0.1) is 123 Å². The van der Waals surface area contributed by atoms with Crippen molar-refractivity contribution in [2.45, 2.75) is 6.92 Å². The van der Waals surface area contributed by atoms with Crippen LogP contribution < -0.4 is 0 Å². The summed E-state index contributed by atoms with van der Waals surface area (Å²) in [6.45, 7) is 2.80. The average molecular weight is 286 g/mol. The molecule has 21 atom stereocenters. The minimum absolute atomic E-state index is 1.01. The monoisotopic (exact) mass is 286 g/mol. The van der Waals surface area contributed by atoms with Crippen LogP contribution in [0.3, 0.4) is 0 Å². The van der Waals surface area contributed by atoms with Gasteiger partial charge in [-0.1, -0.05) is 6.92 Å². The highest BCUT2D eigenvalue weighted by Crippen LogP contribution is 3.13. The van der Waals surface area contributed by atoms with Crippen molar-refractivity contribution in [3.05, 3.63) is 0 Å². The van der Waals surface area contributed by atoms with Crippen LogP contribution in [0.25, 0.3) is 0 Å². The van der Waals surface area contributed by atoms with Gasteiger partial charge >= 0.3 is 0 Å². The Kier molecular flexibility index (Phi) is 0.714. The van der Waals surface area contributed by atoms with Gasteiger partial charge in [-0.05, 0) is 123 Å². The second-order valence-corrected chi connectivity index (χ2v) is 12.8. The molecule has 13 saturated carbocycles. The Morgan fingerprint density at radius 3 is 1.00 bits per heavy atom. The normalized spacial score (nSPS) is 111. The van der Waals surface area contributed by atoms with Crippen molar-refractivity contribution < 1.29 is 0 Å². The van der Waals surface area contributed by atoms with E-state index in [9.17, 15) is 0 Å². The maximum Gasteiger partial charge on any atom is -0.0133 e. The molecule has 0 aliphatic heterocycles. The van der Waals surface area contributed by atoms with E-state index in [1.807, 2.05) is 0 Å². The molecule has 110 valence electrons. The lowest BCUT2D eigenvalue weighted by molar-refractivity contribution is 0.118. The maximum atomic E-state index is 2.80. The van der Waals surface area contributed by atoms with Gasteiger partial charge in [-0.3, -0.25) is 0 Å². The third-order valence-electron chi connectivity index (χ3n) is 15.2. The van der Waals surface area contributed by atoms with Crippen molar-refractivity contribution in [3.8, 4) is 0 Å². The molecule has 13 aliphatic rings. The van der Waals surface area contributed by atoms with E-state index in [0.717, 1.165) is 10.8 Å². The molecule has 0 amide bonds. The lowest BCUT2D eigenvalue weighted by Gasteiger charge is -2.34. The molecular weight excluding hydrogens is 264 g/mol. The SMILES string of the molecule is CC1C23[C@@H]4C5C6[C@H]7C8C9[C@H]6[C@H]4[C@@H]4[C@@H]9C6C([C@@H]42)[C@H]2[C@@H]([C@H]86)[C@@H]7[C@H]5C123. The molecule has 0 N–H and O–H groups in total. The minimum atomic E-state index is 1.01. The van der Waals surface area contributed by atoms with Crippen LogP contribution in [0.4, 0.5) is 0 Å². The first kappa shape index (κ1) is 8.91. The number of hydrogen-bond donors (Lipinski definition) is 0. The highest BCUT2D eigenvalue weighted by molar-refractivity contribution is 5.57. The zero-order valence-electron chi connectivity index (χ0n) is 13.0. The quantitative estimate of drug-likeness (QED) is 0.642. The second-order valence-electron chi connectivity index (χ2n) is 12.8. The van der Waals surface area contributed by atoms with E-state index in [4.69, 9.17) is 0 Å². The van der Waals surface area contributed by atoms with E-state index in [1.54, 1.807) is 0 Å². The van der Waals surface area contributed by atoms with E-state index in [0.29, 0.717) is 0 Å². The number of rotatable bonds is 0. The molecule has 22 heavy (non-hydrogen) atoms. The van der Waals surface area contributed by atoms with Gasteiger partial charge in [0.1, 0.15) is 0 Å². The van der Waals surface area contributed by atoms with Gasteiger partial charge in [0.2, 0.25) is 0 Å². The van der Waals surface area contributed by atoms with Crippen LogP contribution >= 0.6 is 0 Å². The average Bonchev–Trinajstić information content (AvgIpc) is 3.13. The van der Waals surface area contributed by atoms with Crippen molar-refractivity contribution in [2.75, 3.05) is 0 Å². The standard InChI is InChI=1S/C22H22/c1-2-21-17-11-5-3-4-7-9(5)15(17)19-13(7)14-8(4)10-6(3)12(11)18(21)16(10)20(14)22(2,19)21/h2-20H,1H3/t2?,3?,4?,5-,6-,7-,8+,9?,10?,11-,12+,13+,14+,15?,16?,17-,18-,19+,20-,21?,22?/m1/s1. The van der Waals surface area contributed by atoms with Gasteiger partial charge in [0.15, 0.2) is 0 Å². The zero-order chi connectivity index (χ0) is 13.0. The molecule has 0 aromatic heterocycles. The Hall–Kier alpha value is 0. The summed E-state index contributed by atoms with van der Waals surface area (Å²) in [5.41, 5.74) is 2.01. The first-order chi connectivity index (χ1) is 10.9. The van der Waals surface area contributed by atoms with E-state index < -0.39 is 0 Å². The van der Waals surface area contributed by atoms with E-state index >= 15 is 0 Å². The molecule has 0 aromatic rings. The minimum Gasteiger partial charge on any atom is -0.0614 e. The lowest BCUT2D eigenvalue weighted by atomic mass is 9.69. The largest absolute Gasteiger partial charge is 0.0614 e. The van der Waals surface area contributed by atoms with Crippen molar-refractivity contribution in [2.24, 2.45) is 123 Å². The maximum absolute atomic E-state index is 2.80. The summed E-state index contributed by atoms with van der Waals surface area (Å²) in [5, 5.41) is 0. The predicted molar refractivity (Wildman–Crippen MR) is 76.9 cm³/mol. The third-order valence-corrected chi connectivity index (χ3v) is 15.2. The molecule has 0 aromatic carbocycles. The summed E-state index contributed by atoms with van der Waals surface area (Å²) in [6, 6.07) is 0. The Labute approximate surface area is 130 Å². The van der Waals surface area contributed by atoms with Gasteiger partial charge in [-0.25, -0.2) is 0 Å². The topological polar surface area (TPSA) is 0 Å². The molecule has 0 heterocycles. The Morgan fingerprint density at radius 1 is 0.364 bits per heavy atom. The van der Waals surface area contributed by atoms with E-state index in [1.165, 1.54) is 112 Å². The Morgan fingerprint density at radius 2 is 0.636 bits per heavy atom. The van der Waals surface area contributed by atoms with Crippen molar-refractivity contribution >= 4 is 0 Å². The fraction of sp³-hybridized carbons (Fsp3) is 1.00. The van der Waals surface area contributed by atoms with Gasteiger partial charge < -0.3 is 0 Å². The fourth-order valence-corrected chi connectivity index (χ4v) is 17.6. The van der Waals surface area contributed by atoms with Crippen LogP contribution in [-0.2, 0) is 0 Å². The van der Waals surface area contributed by atoms with Gasteiger partial charge in [-0.15, -0.1) is 0 Å². The van der Waals surface area contributed by atoms with E-state index in [2.05, 4.69) is 6.92 Å². The smallest absolute Gasteiger partial charge is 0.0133 e. The Bertz CT molecular complexity index is 695. The summed E-state index contributed by atoms with van der Waals surface area (Å²) in [4.78, 5) is 0. The van der Waals surface area contributed by atoms with Gasteiger partial charge in [-0.2, -0.15) is 0 Å². The highest BCUT2D eigenvalue weighted by atomic mass is 15.1. The first-order valence-corrected chi connectivity index (χ1v) is 10.9. The van der Waals surface area contributed by atoms with Crippen LogP contribution in [0.1, 0.15) is 6.92 Å². The molecule has 13 aliphatic carbocycles. The summed E-state index contributed by atoms with van der Waals surface area (Å²) < 4.78 is 0. The van der Waals surface area contributed by atoms with Crippen LogP contribution in [0.15, 0.2) is 0 Å². The summed E-state index contributed by atoms with van der Waals surface area (Å²) in [5.74, 6) is 25.0. The summed E-state index contributed by atoms with van der Waals surface area (Å²) >= 11 is 0. The van der Waals surface area contributed by atoms with Crippen LogP contribution in [0.2, 0.25) is 0 Å². The molecule has 0 saturated heterocycles. The van der Waals surface area contributed by atoms with Crippen molar-refractivity contribution in [1.82, 2.24) is 0 Å². The molecule has 9 unspecified atom stereocenters. The van der Waals surface area contributed by atoms with Gasteiger partial charge in [0.05, 0.1) is 0 Å². The second kappa shape index (κ2) is 1.76. The van der Waals surface area contributed by atoms with Crippen LogP contribution in [-0.4, -0.2) is 0 Å². The fourth-order valence-electron chi connectivity index (χ4n) is 17.6. The van der Waals surface area contributed by atoms with Crippen LogP contribution in [0.5, 0.6) is 0 Å². The van der Waals surface area contributed by atoms with Crippen molar-refractivity contribution in [3.63, 3.8) is 0 Å². The summed E-state index contributed by atoms with van der Waals surface area (Å²) in [7, 11) is 0. The molecule has 13 fully saturated rings. The van der Waals surface area contributed by atoms with Crippen molar-refractivity contribution in [1.29, 1.82) is 0 Å². The summed E-state index contributed by atoms with van der Waals surface area (Å²) in [6.07, 6.45) is 0. The highest BCUT2D eigenvalue weighted by Gasteiger charge is 3.11.